The first kappa shape index (κ1) is 13.8. The first-order chi connectivity index (χ1) is 9.01. The van der Waals surface area contributed by atoms with Crippen LogP contribution in [0.3, 0.4) is 0 Å². The standard InChI is InChI=1S/C13H14ClNO4/c14-10-3-1-9(2-4-10)12(18)15-13(7-11(16)17)5-6-19-8-13/h1-4H,5-8H2,(H,15,18)(H,16,17). The van der Waals surface area contributed by atoms with Crippen molar-refractivity contribution in [3.8, 4) is 0 Å². The zero-order chi connectivity index (χ0) is 13.9. The minimum atomic E-state index is -0.957. The van der Waals surface area contributed by atoms with E-state index in [1.807, 2.05) is 0 Å². The fraction of sp³-hybridized carbons (Fsp3) is 0.385. The minimum absolute atomic E-state index is 0.146. The van der Waals surface area contributed by atoms with Crippen molar-refractivity contribution in [2.45, 2.75) is 18.4 Å². The van der Waals surface area contributed by atoms with E-state index >= 15 is 0 Å². The Bertz CT molecular complexity index is 480. The minimum Gasteiger partial charge on any atom is -0.481 e. The Labute approximate surface area is 115 Å². The monoisotopic (exact) mass is 283 g/mol. The first-order valence-corrected chi connectivity index (χ1v) is 6.26. The fourth-order valence-electron chi connectivity index (χ4n) is 2.09. The average Bonchev–Trinajstić information content (AvgIpc) is 2.77. The highest BCUT2D eigenvalue weighted by molar-refractivity contribution is 6.30. The number of rotatable bonds is 4. The Hall–Kier alpha value is -1.59. The van der Waals surface area contributed by atoms with E-state index in [9.17, 15) is 9.59 Å². The van der Waals surface area contributed by atoms with Crippen molar-refractivity contribution >= 4 is 23.5 Å². The Morgan fingerprint density at radius 1 is 1.37 bits per heavy atom. The Morgan fingerprint density at radius 3 is 2.58 bits per heavy atom. The molecule has 6 heteroatoms. The van der Waals surface area contributed by atoms with Gasteiger partial charge in [0.15, 0.2) is 0 Å². The summed E-state index contributed by atoms with van der Waals surface area (Å²) < 4.78 is 5.22. The summed E-state index contributed by atoms with van der Waals surface area (Å²) in [6.07, 6.45) is 0.352. The maximum Gasteiger partial charge on any atom is 0.305 e. The van der Waals surface area contributed by atoms with Crippen LogP contribution in [0.25, 0.3) is 0 Å². The molecule has 2 rings (SSSR count). The summed E-state index contributed by atoms with van der Waals surface area (Å²) in [7, 11) is 0. The molecule has 1 aliphatic heterocycles. The predicted octanol–water partition coefficient (Wildman–Crippen LogP) is 1.70. The molecule has 1 unspecified atom stereocenters. The SMILES string of the molecule is O=C(O)CC1(NC(=O)c2ccc(Cl)cc2)CCOC1. The van der Waals surface area contributed by atoms with E-state index in [0.717, 1.165) is 0 Å². The number of aliphatic carboxylic acids is 1. The Balaban J connectivity index is 2.11. The van der Waals surface area contributed by atoms with Gasteiger partial charge in [-0.2, -0.15) is 0 Å². The number of nitrogens with one attached hydrogen (secondary N) is 1. The molecule has 0 radical (unpaired) electrons. The lowest BCUT2D eigenvalue weighted by molar-refractivity contribution is -0.138. The summed E-state index contributed by atoms with van der Waals surface area (Å²) in [5, 5.41) is 12.2. The Morgan fingerprint density at radius 2 is 2.05 bits per heavy atom. The number of carboxylic acid groups (broad SMARTS) is 1. The quantitative estimate of drug-likeness (QED) is 0.882. The topological polar surface area (TPSA) is 75.6 Å². The molecule has 0 spiro atoms. The molecule has 0 saturated carbocycles. The first-order valence-electron chi connectivity index (χ1n) is 5.88. The van der Waals surface area contributed by atoms with Crippen molar-refractivity contribution in [1.82, 2.24) is 5.32 Å². The highest BCUT2D eigenvalue weighted by Crippen LogP contribution is 2.23. The number of carbonyl (C=O) groups is 2. The van der Waals surface area contributed by atoms with Gasteiger partial charge in [-0.3, -0.25) is 9.59 Å². The van der Waals surface area contributed by atoms with E-state index in [4.69, 9.17) is 21.4 Å². The molecule has 5 nitrogen and oxygen atoms in total. The van der Waals surface area contributed by atoms with Gasteiger partial charge >= 0.3 is 5.97 Å². The van der Waals surface area contributed by atoms with E-state index in [0.29, 0.717) is 23.6 Å². The number of amides is 1. The summed E-state index contributed by atoms with van der Waals surface area (Å²) in [6.45, 7) is 0.673. The molecule has 2 N–H and O–H groups in total. The van der Waals surface area contributed by atoms with Crippen LogP contribution in [0.1, 0.15) is 23.2 Å². The molecule has 1 aromatic rings. The van der Waals surface area contributed by atoms with Crippen molar-refractivity contribution in [3.05, 3.63) is 34.9 Å². The van der Waals surface area contributed by atoms with Crippen LogP contribution in [0.5, 0.6) is 0 Å². The molecule has 1 aromatic carbocycles. The largest absolute Gasteiger partial charge is 0.481 e. The molecular formula is C13H14ClNO4. The third-order valence-corrected chi connectivity index (χ3v) is 3.33. The third-order valence-electron chi connectivity index (χ3n) is 3.08. The summed E-state index contributed by atoms with van der Waals surface area (Å²) in [5.41, 5.74) is -0.371. The number of benzene rings is 1. The predicted molar refractivity (Wildman–Crippen MR) is 69.3 cm³/mol. The molecule has 1 aliphatic rings. The molecule has 1 fully saturated rings. The van der Waals surface area contributed by atoms with Crippen LogP contribution >= 0.6 is 11.6 Å². The van der Waals surface area contributed by atoms with Crippen LogP contribution in [0, 0.1) is 0 Å². The van der Waals surface area contributed by atoms with Crippen molar-refractivity contribution in [3.63, 3.8) is 0 Å². The van der Waals surface area contributed by atoms with E-state index in [1.165, 1.54) is 0 Å². The van der Waals surface area contributed by atoms with Gasteiger partial charge in [0.2, 0.25) is 0 Å². The van der Waals surface area contributed by atoms with Gasteiger partial charge in [0.1, 0.15) is 0 Å². The molecule has 1 heterocycles. The van der Waals surface area contributed by atoms with Gasteiger partial charge in [-0.05, 0) is 30.7 Å². The van der Waals surface area contributed by atoms with Gasteiger partial charge in [-0.15, -0.1) is 0 Å². The summed E-state index contributed by atoms with van der Waals surface area (Å²) in [4.78, 5) is 23.0. The van der Waals surface area contributed by atoms with Crippen LogP contribution < -0.4 is 5.32 Å². The van der Waals surface area contributed by atoms with Gasteiger partial charge in [0.05, 0.1) is 18.6 Å². The van der Waals surface area contributed by atoms with Gasteiger partial charge in [-0.1, -0.05) is 11.6 Å². The summed E-state index contributed by atoms with van der Waals surface area (Å²) in [5.74, 6) is -1.27. The molecule has 102 valence electrons. The Kier molecular flexibility index (Phi) is 4.07. The van der Waals surface area contributed by atoms with Crippen molar-refractivity contribution < 1.29 is 19.4 Å². The van der Waals surface area contributed by atoms with Crippen molar-refractivity contribution in [2.24, 2.45) is 0 Å². The van der Waals surface area contributed by atoms with Crippen molar-refractivity contribution in [1.29, 1.82) is 0 Å². The molecule has 0 aromatic heterocycles. The van der Waals surface area contributed by atoms with E-state index in [1.54, 1.807) is 24.3 Å². The second kappa shape index (κ2) is 5.59. The molecule has 1 atom stereocenters. The fourth-order valence-corrected chi connectivity index (χ4v) is 2.22. The van der Waals surface area contributed by atoms with E-state index in [-0.39, 0.29) is 18.9 Å². The smallest absolute Gasteiger partial charge is 0.305 e. The molecule has 0 aliphatic carbocycles. The third kappa shape index (κ3) is 3.45. The summed E-state index contributed by atoms with van der Waals surface area (Å²) in [6, 6.07) is 6.43. The number of hydrogen-bond acceptors (Lipinski definition) is 3. The lowest BCUT2D eigenvalue weighted by Gasteiger charge is -2.27. The van der Waals surface area contributed by atoms with Crippen molar-refractivity contribution in [2.75, 3.05) is 13.2 Å². The average molecular weight is 284 g/mol. The van der Waals surface area contributed by atoms with Crippen LogP contribution in [-0.2, 0) is 9.53 Å². The molecular weight excluding hydrogens is 270 g/mol. The molecule has 0 bridgehead atoms. The number of hydrogen-bond donors (Lipinski definition) is 2. The highest BCUT2D eigenvalue weighted by Gasteiger charge is 2.38. The number of ether oxygens (including phenoxy) is 1. The zero-order valence-corrected chi connectivity index (χ0v) is 10.9. The number of carbonyl (C=O) groups excluding carboxylic acids is 1. The van der Waals surface area contributed by atoms with Crippen LogP contribution in [0.2, 0.25) is 5.02 Å². The number of carboxylic acids is 1. The maximum absolute atomic E-state index is 12.1. The lowest BCUT2D eigenvalue weighted by atomic mass is 9.94. The summed E-state index contributed by atoms with van der Waals surface area (Å²) >= 11 is 5.75. The van der Waals surface area contributed by atoms with Gasteiger partial charge < -0.3 is 15.2 Å². The van der Waals surface area contributed by atoms with Crippen LogP contribution in [-0.4, -0.2) is 35.7 Å². The van der Waals surface area contributed by atoms with Gasteiger partial charge in [0.25, 0.3) is 5.91 Å². The zero-order valence-electron chi connectivity index (χ0n) is 10.2. The lowest BCUT2D eigenvalue weighted by Crippen LogP contribution is -2.50. The molecule has 1 saturated heterocycles. The molecule has 19 heavy (non-hydrogen) atoms. The highest BCUT2D eigenvalue weighted by atomic mass is 35.5. The van der Waals surface area contributed by atoms with E-state index in [2.05, 4.69) is 5.32 Å². The van der Waals surface area contributed by atoms with Gasteiger partial charge in [-0.25, -0.2) is 0 Å². The van der Waals surface area contributed by atoms with Gasteiger partial charge in [0, 0.05) is 17.2 Å². The van der Waals surface area contributed by atoms with Crippen LogP contribution in [0.4, 0.5) is 0 Å². The second-order valence-corrected chi connectivity index (χ2v) is 5.05. The maximum atomic E-state index is 12.1. The van der Waals surface area contributed by atoms with Crippen LogP contribution in [0.15, 0.2) is 24.3 Å². The second-order valence-electron chi connectivity index (χ2n) is 4.61. The molecule has 1 amide bonds. The number of halogens is 1. The normalized spacial score (nSPS) is 22.2. The van der Waals surface area contributed by atoms with E-state index < -0.39 is 11.5 Å².